The van der Waals surface area contributed by atoms with Crippen LogP contribution in [0.2, 0.25) is 0 Å². The molecule has 0 unspecified atom stereocenters. The molecule has 0 atom stereocenters. The van der Waals surface area contributed by atoms with E-state index in [0.29, 0.717) is 10.8 Å². The van der Waals surface area contributed by atoms with Crippen LogP contribution in [-0.2, 0) is 13.1 Å². The zero-order valence-electron chi connectivity index (χ0n) is 17.4. The molecule has 3 aromatic rings. The first-order chi connectivity index (χ1) is 15.7. The number of halogens is 1. The van der Waals surface area contributed by atoms with E-state index in [0.717, 1.165) is 10.6 Å². The topological polar surface area (TPSA) is 149 Å². The number of hydrogen-bond acceptors (Lipinski definition) is 8. The van der Waals surface area contributed by atoms with Crippen molar-refractivity contribution in [2.45, 2.75) is 13.1 Å². The normalized spacial score (nSPS) is 10.6. The Hall–Kier alpha value is -4.55. The van der Waals surface area contributed by atoms with Crippen molar-refractivity contribution in [3.63, 3.8) is 0 Å². The smallest absolute Gasteiger partial charge is 0.331 e. The fourth-order valence-corrected chi connectivity index (χ4v) is 3.20. The Balaban J connectivity index is 2.03. The molecule has 12 nitrogen and oxygen atoms in total. The van der Waals surface area contributed by atoms with Crippen molar-refractivity contribution in [2.24, 2.45) is 0 Å². The van der Waals surface area contributed by atoms with Gasteiger partial charge in [-0.3, -0.25) is 34.2 Å². The summed E-state index contributed by atoms with van der Waals surface area (Å²) in [5, 5.41) is 22.5. The van der Waals surface area contributed by atoms with Crippen molar-refractivity contribution in [3.8, 4) is 11.5 Å². The summed E-state index contributed by atoms with van der Waals surface area (Å²) in [6.07, 6.45) is 0.702. The van der Waals surface area contributed by atoms with Crippen molar-refractivity contribution < 1.29 is 23.7 Å². The lowest BCUT2D eigenvalue weighted by atomic mass is 10.1. The van der Waals surface area contributed by atoms with Gasteiger partial charge in [-0.15, -0.1) is 0 Å². The molecule has 0 aliphatic rings. The molecule has 0 bridgehead atoms. The van der Waals surface area contributed by atoms with Crippen LogP contribution < -0.4 is 20.7 Å². The first-order valence-corrected chi connectivity index (χ1v) is 9.28. The molecule has 33 heavy (non-hydrogen) atoms. The molecule has 3 rings (SSSR count). The number of ether oxygens (including phenoxy) is 2. The summed E-state index contributed by atoms with van der Waals surface area (Å²) in [6, 6.07) is 7.78. The fraction of sp³-hybridized carbons (Fsp3) is 0.200. The van der Waals surface area contributed by atoms with Gasteiger partial charge < -0.3 is 9.47 Å². The van der Waals surface area contributed by atoms with Crippen LogP contribution >= 0.6 is 0 Å². The maximum absolute atomic E-state index is 14.3. The average Bonchev–Trinajstić information content (AvgIpc) is 2.79. The summed E-state index contributed by atoms with van der Waals surface area (Å²) in [5.41, 5.74) is -2.37. The minimum absolute atomic E-state index is 0.00773. The standard InChI is InChI=1S/C20H17FN4O8/c1-32-17-5-3-12(7-15(17)24(28)29)9-22-11-14(21)19(26)23(20(22)27)10-13-4-6-18(33-2)16(8-13)25(30)31/h3-8,11H,9-10H2,1-2H3. The van der Waals surface area contributed by atoms with E-state index >= 15 is 0 Å². The number of hydrogen-bond donors (Lipinski definition) is 0. The van der Waals surface area contributed by atoms with E-state index in [2.05, 4.69) is 0 Å². The number of nitrogens with zero attached hydrogens (tertiary/aromatic N) is 4. The minimum atomic E-state index is -1.24. The van der Waals surface area contributed by atoms with E-state index in [1.807, 2.05) is 0 Å². The van der Waals surface area contributed by atoms with Crippen LogP contribution in [0.4, 0.5) is 15.8 Å². The molecule has 0 spiro atoms. The van der Waals surface area contributed by atoms with Gasteiger partial charge in [-0.2, -0.15) is 4.39 Å². The van der Waals surface area contributed by atoms with Crippen LogP contribution in [0.5, 0.6) is 11.5 Å². The number of nitro benzene ring substituents is 2. The van der Waals surface area contributed by atoms with Crippen molar-refractivity contribution >= 4 is 11.4 Å². The minimum Gasteiger partial charge on any atom is -0.490 e. The molecule has 13 heteroatoms. The average molecular weight is 460 g/mol. The Kier molecular flexibility index (Phi) is 6.51. The maximum atomic E-state index is 14.3. The number of nitro groups is 2. The molecular formula is C20H17FN4O8. The molecule has 0 saturated heterocycles. The maximum Gasteiger partial charge on any atom is 0.331 e. The van der Waals surface area contributed by atoms with Gasteiger partial charge in [-0.05, 0) is 23.3 Å². The molecule has 0 fully saturated rings. The van der Waals surface area contributed by atoms with E-state index in [4.69, 9.17) is 9.47 Å². The van der Waals surface area contributed by atoms with Crippen molar-refractivity contribution in [3.05, 3.63) is 101 Å². The summed E-state index contributed by atoms with van der Waals surface area (Å²) in [7, 11) is 2.52. The number of rotatable bonds is 8. The van der Waals surface area contributed by atoms with Gasteiger partial charge in [0, 0.05) is 12.1 Å². The molecule has 0 aliphatic carbocycles. The van der Waals surface area contributed by atoms with Gasteiger partial charge in [0.25, 0.3) is 5.56 Å². The molecule has 2 aromatic carbocycles. The molecule has 0 aliphatic heterocycles. The van der Waals surface area contributed by atoms with E-state index in [1.54, 1.807) is 0 Å². The van der Waals surface area contributed by atoms with E-state index < -0.39 is 33.5 Å². The zero-order valence-corrected chi connectivity index (χ0v) is 17.4. The molecule has 0 N–H and O–H groups in total. The van der Waals surface area contributed by atoms with Crippen molar-refractivity contribution in [1.29, 1.82) is 0 Å². The molecule has 0 saturated carbocycles. The van der Waals surface area contributed by atoms with Gasteiger partial charge in [0.15, 0.2) is 11.5 Å². The van der Waals surface area contributed by atoms with Gasteiger partial charge >= 0.3 is 17.1 Å². The lowest BCUT2D eigenvalue weighted by Gasteiger charge is -2.12. The Morgan fingerprint density at radius 2 is 1.36 bits per heavy atom. The molecule has 1 aromatic heterocycles. The van der Waals surface area contributed by atoms with Crippen molar-refractivity contribution in [2.75, 3.05) is 14.2 Å². The summed E-state index contributed by atoms with van der Waals surface area (Å²) in [4.78, 5) is 46.3. The highest BCUT2D eigenvalue weighted by molar-refractivity contribution is 5.49. The predicted octanol–water partition coefficient (Wildman–Crippen LogP) is 2.08. The van der Waals surface area contributed by atoms with Gasteiger partial charge in [0.2, 0.25) is 5.82 Å². The number of methoxy groups -OCH3 is 2. The lowest BCUT2D eigenvalue weighted by molar-refractivity contribution is -0.385. The van der Waals surface area contributed by atoms with Crippen molar-refractivity contribution in [1.82, 2.24) is 9.13 Å². The lowest BCUT2D eigenvalue weighted by Crippen LogP contribution is -2.41. The highest BCUT2D eigenvalue weighted by atomic mass is 19.1. The molecule has 1 heterocycles. The van der Waals surface area contributed by atoms with Gasteiger partial charge in [0.1, 0.15) is 0 Å². The van der Waals surface area contributed by atoms with Gasteiger partial charge in [0.05, 0.1) is 43.4 Å². The highest BCUT2D eigenvalue weighted by Gasteiger charge is 2.19. The number of aromatic nitrogens is 2. The Bertz CT molecular complexity index is 1370. The Morgan fingerprint density at radius 1 is 0.879 bits per heavy atom. The Labute approximate surface area is 184 Å². The highest BCUT2D eigenvalue weighted by Crippen LogP contribution is 2.28. The zero-order chi connectivity index (χ0) is 24.3. The Morgan fingerprint density at radius 3 is 1.82 bits per heavy atom. The summed E-state index contributed by atoms with van der Waals surface area (Å²) < 4.78 is 25.6. The SMILES string of the molecule is COc1ccc(Cn2cc(F)c(=O)n(Cc3ccc(OC)c([N+](=O)[O-])c3)c2=O)cc1[N+](=O)[O-]. The molecule has 0 amide bonds. The van der Waals surface area contributed by atoms with E-state index in [1.165, 1.54) is 44.6 Å². The third-order valence-corrected chi connectivity index (χ3v) is 4.77. The van der Waals surface area contributed by atoms with Crippen LogP contribution in [0.1, 0.15) is 11.1 Å². The quantitative estimate of drug-likeness (QED) is 0.366. The van der Waals surface area contributed by atoms with Crippen LogP contribution in [0.3, 0.4) is 0 Å². The van der Waals surface area contributed by atoms with Gasteiger partial charge in [-0.25, -0.2) is 4.79 Å². The third-order valence-electron chi connectivity index (χ3n) is 4.77. The monoisotopic (exact) mass is 460 g/mol. The van der Waals surface area contributed by atoms with Gasteiger partial charge in [-0.1, -0.05) is 12.1 Å². The first kappa shape index (κ1) is 23.1. The summed E-state index contributed by atoms with van der Waals surface area (Å²) in [5.74, 6) is -1.25. The summed E-state index contributed by atoms with van der Waals surface area (Å²) >= 11 is 0. The predicted molar refractivity (Wildman–Crippen MR) is 112 cm³/mol. The molecular weight excluding hydrogens is 443 g/mol. The van der Waals surface area contributed by atoms with Crippen LogP contribution in [0.25, 0.3) is 0 Å². The second-order valence-electron chi connectivity index (χ2n) is 6.81. The van der Waals surface area contributed by atoms with E-state index in [9.17, 15) is 34.2 Å². The number of benzene rings is 2. The third kappa shape index (κ3) is 4.71. The van der Waals surface area contributed by atoms with Crippen LogP contribution in [-0.4, -0.2) is 33.2 Å². The second-order valence-corrected chi connectivity index (χ2v) is 6.81. The molecule has 0 radical (unpaired) electrons. The second kappa shape index (κ2) is 9.30. The van der Waals surface area contributed by atoms with Crippen LogP contribution in [0.15, 0.2) is 52.2 Å². The van der Waals surface area contributed by atoms with Crippen LogP contribution in [0, 0.1) is 26.0 Å². The van der Waals surface area contributed by atoms with E-state index in [-0.39, 0.29) is 40.5 Å². The molecule has 172 valence electrons. The largest absolute Gasteiger partial charge is 0.490 e. The summed E-state index contributed by atoms with van der Waals surface area (Å²) in [6.45, 7) is -0.716. The first-order valence-electron chi connectivity index (χ1n) is 9.28. The fourth-order valence-electron chi connectivity index (χ4n) is 3.20.